The van der Waals surface area contributed by atoms with Crippen molar-refractivity contribution in [3.8, 4) is 0 Å². The van der Waals surface area contributed by atoms with Crippen LogP contribution in [0.5, 0.6) is 0 Å². The third kappa shape index (κ3) is 23.2. The molecular formula is C55H83N15O12. The second-order valence-corrected chi connectivity index (χ2v) is 21.4. The van der Waals surface area contributed by atoms with Crippen LogP contribution >= 0.6 is 0 Å². The molecule has 3 rings (SSSR count). The van der Waals surface area contributed by atoms with Gasteiger partial charge in [-0.15, -0.1) is 0 Å². The predicted molar refractivity (Wildman–Crippen MR) is 305 cm³/mol. The number of para-hydroxylation sites is 1. The molecule has 27 nitrogen and oxygen atoms in total. The SMILES string of the molecule is CC(C)C[C@H](NC(=O)[C@H](CC(C)C)NC(=O)[C@H](Cc1c[nH]c2ccccc12)NC(=O)[C@H](CC(N)=O)NC(=O)[C@@H](NC(=O)[C@@H](N)Cc1ccccc1)C(C)C)C(=O)N[C@@H](C)C(=O)N[C@@H](CCC(N)=O)C(=O)N[C@@H](CCCN=C(N)N)C(=O)O. The normalized spacial score (nSPS) is 14.5. The third-order valence-electron chi connectivity index (χ3n) is 13.0. The van der Waals surface area contributed by atoms with Gasteiger partial charge < -0.3 is 81.3 Å². The lowest BCUT2D eigenvalue weighted by Crippen LogP contribution is -2.61. The number of aromatic nitrogens is 1. The Labute approximate surface area is 476 Å². The van der Waals surface area contributed by atoms with Gasteiger partial charge in [-0.3, -0.25) is 52.9 Å². The number of carbonyl (C=O) groups excluding carboxylic acids is 10. The summed E-state index contributed by atoms with van der Waals surface area (Å²) >= 11 is 0. The Morgan fingerprint density at radius 2 is 1.05 bits per heavy atom. The molecule has 0 aliphatic heterocycles. The fourth-order valence-electron chi connectivity index (χ4n) is 8.65. The molecule has 0 fully saturated rings. The molecule has 1 aromatic heterocycles. The maximum atomic E-state index is 14.7. The van der Waals surface area contributed by atoms with E-state index in [1.807, 2.05) is 6.07 Å². The van der Waals surface area contributed by atoms with Crippen LogP contribution < -0.4 is 71.2 Å². The van der Waals surface area contributed by atoms with Gasteiger partial charge in [-0.25, -0.2) is 4.79 Å². The molecule has 82 heavy (non-hydrogen) atoms. The topological polar surface area (TPSA) is 462 Å². The van der Waals surface area contributed by atoms with Crippen molar-refractivity contribution in [2.45, 2.75) is 161 Å². The molecule has 3 aromatic rings. The number of nitrogens with zero attached hydrogens (tertiary/aromatic N) is 1. The molecular weight excluding hydrogens is 1060 g/mol. The summed E-state index contributed by atoms with van der Waals surface area (Å²) in [5.41, 5.74) is 29.8. The lowest BCUT2D eigenvalue weighted by atomic mass is 9.98. The zero-order valence-electron chi connectivity index (χ0n) is 47.5. The minimum Gasteiger partial charge on any atom is -0.480 e. The Balaban J connectivity index is 1.88. The minimum absolute atomic E-state index is 0.0194. The molecule has 10 amide bonds. The van der Waals surface area contributed by atoms with Crippen LogP contribution in [-0.4, -0.2) is 142 Å². The molecule has 0 unspecified atom stereocenters. The molecule has 450 valence electrons. The van der Waals surface area contributed by atoms with Gasteiger partial charge in [0.1, 0.15) is 48.3 Å². The monoisotopic (exact) mass is 1150 g/mol. The Hall–Kier alpha value is -8.62. The summed E-state index contributed by atoms with van der Waals surface area (Å²) in [4.78, 5) is 155. The van der Waals surface area contributed by atoms with Crippen molar-refractivity contribution in [1.82, 2.24) is 47.5 Å². The smallest absolute Gasteiger partial charge is 0.326 e. The number of nitrogens with one attached hydrogen (secondary N) is 9. The van der Waals surface area contributed by atoms with Crippen LogP contribution in [-0.2, 0) is 65.6 Å². The highest BCUT2D eigenvalue weighted by Crippen LogP contribution is 2.20. The number of primary amides is 2. The summed E-state index contributed by atoms with van der Waals surface area (Å²) in [6.45, 7) is 11.8. The van der Waals surface area contributed by atoms with Crippen LogP contribution in [0.2, 0.25) is 0 Å². The second-order valence-electron chi connectivity index (χ2n) is 21.4. The van der Waals surface area contributed by atoms with Gasteiger partial charge in [0.15, 0.2) is 5.96 Å². The van der Waals surface area contributed by atoms with Gasteiger partial charge in [0.2, 0.25) is 59.1 Å². The largest absolute Gasteiger partial charge is 0.480 e. The molecule has 0 bridgehead atoms. The number of nitrogens with two attached hydrogens (primary N) is 5. The van der Waals surface area contributed by atoms with Crippen molar-refractivity contribution in [2.75, 3.05) is 6.54 Å². The molecule has 0 aliphatic rings. The van der Waals surface area contributed by atoms with Gasteiger partial charge >= 0.3 is 5.97 Å². The number of H-pyrrole nitrogens is 1. The van der Waals surface area contributed by atoms with E-state index in [1.54, 1.807) is 96.3 Å². The average molecular weight is 1150 g/mol. The van der Waals surface area contributed by atoms with Crippen LogP contribution in [0.25, 0.3) is 10.9 Å². The zero-order chi connectivity index (χ0) is 61.4. The number of aliphatic carboxylic acids is 1. The fraction of sp³-hybridized carbons (Fsp3) is 0.527. The Morgan fingerprint density at radius 3 is 1.61 bits per heavy atom. The van der Waals surface area contributed by atoms with Crippen molar-refractivity contribution in [2.24, 2.45) is 51.4 Å². The molecule has 0 saturated carbocycles. The number of rotatable bonds is 35. The number of hydrogen-bond donors (Lipinski definition) is 15. The highest BCUT2D eigenvalue weighted by Gasteiger charge is 2.36. The maximum Gasteiger partial charge on any atom is 0.326 e. The first kappa shape index (κ1) is 67.7. The molecule has 2 aromatic carbocycles. The average Bonchev–Trinajstić information content (AvgIpc) is 3.84. The number of hydrogen-bond acceptors (Lipinski definition) is 13. The van der Waals surface area contributed by atoms with Crippen LogP contribution in [0.3, 0.4) is 0 Å². The predicted octanol–water partition coefficient (Wildman–Crippen LogP) is -1.79. The number of amides is 10. The van der Waals surface area contributed by atoms with Gasteiger partial charge in [-0.05, 0) is 80.4 Å². The number of benzene rings is 2. The van der Waals surface area contributed by atoms with Crippen molar-refractivity contribution in [1.29, 1.82) is 0 Å². The molecule has 0 saturated heterocycles. The molecule has 0 radical (unpaired) electrons. The molecule has 9 atom stereocenters. The first-order chi connectivity index (χ1) is 38.6. The number of carboxylic acids is 1. The van der Waals surface area contributed by atoms with E-state index in [0.29, 0.717) is 16.5 Å². The minimum atomic E-state index is -1.66. The molecule has 20 N–H and O–H groups in total. The van der Waals surface area contributed by atoms with Crippen molar-refractivity contribution in [3.63, 3.8) is 0 Å². The third-order valence-corrected chi connectivity index (χ3v) is 13.0. The Kier molecular flexibility index (Phi) is 27.4. The Bertz CT molecular complexity index is 2730. The fourth-order valence-corrected chi connectivity index (χ4v) is 8.65. The van der Waals surface area contributed by atoms with E-state index in [4.69, 9.17) is 28.7 Å². The van der Waals surface area contributed by atoms with Gasteiger partial charge in [0.05, 0.1) is 12.5 Å². The highest BCUT2D eigenvalue weighted by atomic mass is 16.4. The summed E-state index contributed by atoms with van der Waals surface area (Å²) in [5.74, 6) is -11.3. The number of carboxylic acid groups (broad SMARTS) is 1. The van der Waals surface area contributed by atoms with Gasteiger partial charge in [0, 0.05) is 36.5 Å². The Morgan fingerprint density at radius 1 is 0.537 bits per heavy atom. The maximum absolute atomic E-state index is 14.7. The van der Waals surface area contributed by atoms with Crippen molar-refractivity contribution < 1.29 is 57.8 Å². The summed E-state index contributed by atoms with van der Waals surface area (Å²) in [6.07, 6.45) is 0.327. The van der Waals surface area contributed by atoms with Gasteiger partial charge in [-0.1, -0.05) is 90.1 Å². The van der Waals surface area contributed by atoms with Crippen LogP contribution in [0, 0.1) is 17.8 Å². The van der Waals surface area contributed by atoms with Crippen LogP contribution in [0.15, 0.2) is 65.8 Å². The van der Waals surface area contributed by atoms with Crippen LogP contribution in [0.1, 0.15) is 105 Å². The van der Waals surface area contributed by atoms with Gasteiger partial charge in [0.25, 0.3) is 0 Å². The number of guanidine groups is 1. The van der Waals surface area contributed by atoms with Crippen LogP contribution in [0.4, 0.5) is 0 Å². The number of fused-ring (bicyclic) bond motifs is 1. The van der Waals surface area contributed by atoms with E-state index in [9.17, 15) is 57.8 Å². The molecule has 0 aliphatic carbocycles. The van der Waals surface area contributed by atoms with E-state index >= 15 is 0 Å². The standard InChI is InChI=1S/C55H83N15O12/c1-28(2)22-39(49(76)63-31(7)46(73)64-37(19-20-43(57)71)48(75)65-38(54(81)82)18-13-21-61-55(59)60)66-50(77)40(23-29(3)4)67-51(78)41(25-33-27-62-36-17-12-11-16-34(33)36)68-52(79)42(26-44(58)72)69-53(80)45(30(5)6)70-47(74)35(56)24-32-14-9-8-10-15-32/h8-12,14-17,27-31,35,37-42,45,62H,13,18-26,56H2,1-7H3,(H2,57,71)(H2,58,72)(H,63,76)(H,64,73)(H,65,75)(H,66,77)(H,67,78)(H,68,79)(H,69,80)(H,70,74)(H,81,82)(H4,59,60,61)/t31-,35-,37-,38-,39-,40-,41-,42-,45-/m0/s1. The van der Waals surface area contributed by atoms with E-state index in [0.717, 1.165) is 5.56 Å². The second kappa shape index (κ2) is 33.2. The lowest BCUT2D eigenvalue weighted by molar-refractivity contribution is -0.142. The van der Waals surface area contributed by atoms with E-state index < -0.39 is 132 Å². The lowest BCUT2D eigenvalue weighted by Gasteiger charge is -2.29. The van der Waals surface area contributed by atoms with Crippen molar-refractivity contribution >= 4 is 81.9 Å². The summed E-state index contributed by atoms with van der Waals surface area (Å²) in [5, 5.41) is 31.0. The number of aliphatic imine (C=N–C) groups is 1. The molecule has 27 heteroatoms. The highest BCUT2D eigenvalue weighted by molar-refractivity contribution is 5.99. The first-order valence-corrected chi connectivity index (χ1v) is 27.2. The quantitative estimate of drug-likeness (QED) is 0.0176. The zero-order valence-corrected chi connectivity index (χ0v) is 47.5. The van der Waals surface area contributed by atoms with E-state index in [2.05, 4.69) is 52.5 Å². The number of carbonyl (C=O) groups is 11. The van der Waals surface area contributed by atoms with Gasteiger partial charge in [-0.2, -0.15) is 0 Å². The number of aromatic amines is 1. The van der Waals surface area contributed by atoms with E-state index in [-0.39, 0.29) is 75.7 Å². The summed E-state index contributed by atoms with van der Waals surface area (Å²) in [6, 6.07) is 3.81. The first-order valence-electron chi connectivity index (χ1n) is 27.2. The molecule has 1 heterocycles. The van der Waals surface area contributed by atoms with E-state index in [1.165, 1.54) is 6.92 Å². The summed E-state index contributed by atoms with van der Waals surface area (Å²) < 4.78 is 0. The summed E-state index contributed by atoms with van der Waals surface area (Å²) in [7, 11) is 0. The van der Waals surface area contributed by atoms with Crippen molar-refractivity contribution in [3.05, 3.63) is 71.9 Å². The molecule has 0 spiro atoms.